The van der Waals surface area contributed by atoms with Crippen LogP contribution >= 0.6 is 0 Å². The number of sulfonamides is 1. The standard InChI is InChI=1S/C24H31N3O5S/c1-24(2,3)27-33(30,31)21-15-17(10-13-20(21)32-4)22(28)26-19(23(29)25-18-11-12-18)14-16-8-6-5-7-9-16/h5-10,13,15,18-19,27H,11-12,14H2,1-4H3,(H,25,29)(H,26,28). The first-order valence-electron chi connectivity index (χ1n) is 10.9. The van der Waals surface area contributed by atoms with Crippen molar-refractivity contribution in [1.82, 2.24) is 15.4 Å². The molecule has 2 amide bonds. The van der Waals surface area contributed by atoms with E-state index in [1.165, 1.54) is 25.3 Å². The van der Waals surface area contributed by atoms with Crippen molar-refractivity contribution in [2.75, 3.05) is 7.11 Å². The summed E-state index contributed by atoms with van der Waals surface area (Å²) in [6.07, 6.45) is 2.18. The second-order valence-corrected chi connectivity index (χ2v) is 10.9. The highest BCUT2D eigenvalue weighted by Gasteiger charge is 2.30. The average Bonchev–Trinajstić information content (AvgIpc) is 3.55. The first kappa shape index (κ1) is 24.7. The Bertz CT molecular complexity index is 1110. The molecular weight excluding hydrogens is 442 g/mol. The number of carbonyl (C=O) groups excluding carboxylic acids is 2. The molecule has 0 saturated heterocycles. The molecule has 0 aromatic heterocycles. The molecule has 2 aromatic rings. The number of rotatable bonds is 9. The highest BCUT2D eigenvalue weighted by atomic mass is 32.2. The number of ether oxygens (including phenoxy) is 1. The largest absolute Gasteiger partial charge is 0.495 e. The van der Waals surface area contributed by atoms with E-state index in [0.29, 0.717) is 6.42 Å². The highest BCUT2D eigenvalue weighted by molar-refractivity contribution is 7.89. The predicted octanol–water partition coefficient (Wildman–Crippen LogP) is 2.39. The molecule has 1 fully saturated rings. The van der Waals surface area contributed by atoms with Gasteiger partial charge in [0.2, 0.25) is 15.9 Å². The van der Waals surface area contributed by atoms with Gasteiger partial charge in [-0.1, -0.05) is 30.3 Å². The van der Waals surface area contributed by atoms with Gasteiger partial charge in [0, 0.05) is 23.6 Å². The van der Waals surface area contributed by atoms with Gasteiger partial charge in [-0.3, -0.25) is 9.59 Å². The molecule has 9 heteroatoms. The number of carbonyl (C=O) groups is 2. The summed E-state index contributed by atoms with van der Waals surface area (Å²) in [7, 11) is -2.59. The van der Waals surface area contributed by atoms with E-state index in [-0.39, 0.29) is 28.2 Å². The maximum absolute atomic E-state index is 13.1. The molecule has 33 heavy (non-hydrogen) atoms. The summed E-state index contributed by atoms with van der Waals surface area (Å²) in [4.78, 5) is 25.7. The molecule has 0 bridgehead atoms. The van der Waals surface area contributed by atoms with Gasteiger partial charge in [-0.05, 0) is 57.4 Å². The molecule has 0 aliphatic heterocycles. The Labute approximate surface area is 195 Å². The van der Waals surface area contributed by atoms with E-state index in [4.69, 9.17) is 4.74 Å². The maximum atomic E-state index is 13.1. The molecule has 2 aromatic carbocycles. The van der Waals surface area contributed by atoms with E-state index in [0.717, 1.165) is 18.4 Å². The minimum atomic E-state index is -3.95. The molecule has 8 nitrogen and oxygen atoms in total. The quantitative estimate of drug-likeness (QED) is 0.518. The van der Waals surface area contributed by atoms with Crippen molar-refractivity contribution in [2.24, 2.45) is 0 Å². The molecule has 1 atom stereocenters. The summed E-state index contributed by atoms with van der Waals surface area (Å²) >= 11 is 0. The van der Waals surface area contributed by atoms with Crippen LogP contribution in [0.5, 0.6) is 5.75 Å². The fraction of sp³-hybridized carbons (Fsp3) is 0.417. The molecule has 1 aliphatic rings. The second kappa shape index (κ2) is 9.93. The third-order valence-electron chi connectivity index (χ3n) is 4.98. The van der Waals surface area contributed by atoms with E-state index in [1.54, 1.807) is 20.8 Å². The van der Waals surface area contributed by atoms with Gasteiger partial charge < -0.3 is 15.4 Å². The molecule has 1 saturated carbocycles. The lowest BCUT2D eigenvalue weighted by Crippen LogP contribution is -2.48. The SMILES string of the molecule is COc1ccc(C(=O)NC(Cc2ccccc2)C(=O)NC2CC2)cc1S(=O)(=O)NC(C)(C)C. The summed E-state index contributed by atoms with van der Waals surface area (Å²) in [6.45, 7) is 5.17. The Morgan fingerprint density at radius 3 is 2.33 bits per heavy atom. The first-order chi connectivity index (χ1) is 15.5. The van der Waals surface area contributed by atoms with Crippen LogP contribution in [0.25, 0.3) is 0 Å². The number of methoxy groups -OCH3 is 1. The molecule has 0 spiro atoms. The molecule has 1 unspecified atom stereocenters. The van der Waals surface area contributed by atoms with Crippen LogP contribution in [0.15, 0.2) is 53.4 Å². The second-order valence-electron chi connectivity index (χ2n) is 9.22. The zero-order valence-electron chi connectivity index (χ0n) is 19.3. The highest BCUT2D eigenvalue weighted by Crippen LogP contribution is 2.26. The average molecular weight is 474 g/mol. The van der Waals surface area contributed by atoms with Gasteiger partial charge in [0.05, 0.1) is 7.11 Å². The van der Waals surface area contributed by atoms with Gasteiger partial charge in [-0.2, -0.15) is 0 Å². The van der Waals surface area contributed by atoms with Crippen LogP contribution in [0.1, 0.15) is 49.5 Å². The Hall–Kier alpha value is -2.91. The van der Waals surface area contributed by atoms with Crippen LogP contribution < -0.4 is 20.1 Å². The van der Waals surface area contributed by atoms with Crippen molar-refractivity contribution >= 4 is 21.8 Å². The first-order valence-corrected chi connectivity index (χ1v) is 12.3. The van der Waals surface area contributed by atoms with Crippen LogP contribution in [-0.4, -0.2) is 45.0 Å². The minimum Gasteiger partial charge on any atom is -0.495 e. The molecule has 0 heterocycles. The Morgan fingerprint density at radius 1 is 1.09 bits per heavy atom. The third kappa shape index (κ3) is 7.03. The number of hydrogen-bond acceptors (Lipinski definition) is 5. The van der Waals surface area contributed by atoms with Crippen LogP contribution in [0.4, 0.5) is 0 Å². The number of hydrogen-bond donors (Lipinski definition) is 3. The summed E-state index contributed by atoms with van der Waals surface area (Å²) in [6, 6.07) is 12.9. The Kier molecular flexibility index (Phi) is 7.44. The van der Waals surface area contributed by atoms with Crippen LogP contribution in [0.2, 0.25) is 0 Å². The van der Waals surface area contributed by atoms with Crippen LogP contribution in [-0.2, 0) is 21.2 Å². The van der Waals surface area contributed by atoms with Gasteiger partial charge in [0.1, 0.15) is 16.7 Å². The van der Waals surface area contributed by atoms with Crippen LogP contribution in [0.3, 0.4) is 0 Å². The zero-order chi connectivity index (χ0) is 24.2. The molecule has 3 rings (SSSR count). The molecule has 3 N–H and O–H groups in total. The monoisotopic (exact) mass is 473 g/mol. The van der Waals surface area contributed by atoms with Crippen molar-refractivity contribution in [2.45, 2.75) is 62.6 Å². The number of amides is 2. The summed E-state index contributed by atoms with van der Waals surface area (Å²) in [5.74, 6) is -0.683. The lowest BCUT2D eigenvalue weighted by molar-refractivity contribution is -0.123. The topological polar surface area (TPSA) is 114 Å². The van der Waals surface area contributed by atoms with Gasteiger partial charge in [0.15, 0.2) is 0 Å². The van der Waals surface area contributed by atoms with Crippen molar-refractivity contribution in [1.29, 1.82) is 0 Å². The fourth-order valence-corrected chi connectivity index (χ4v) is 4.93. The van der Waals surface area contributed by atoms with Crippen molar-refractivity contribution in [3.05, 3.63) is 59.7 Å². The number of benzene rings is 2. The summed E-state index contributed by atoms with van der Waals surface area (Å²) in [5, 5.41) is 5.70. The smallest absolute Gasteiger partial charge is 0.251 e. The van der Waals surface area contributed by atoms with Gasteiger partial charge >= 0.3 is 0 Å². The predicted molar refractivity (Wildman–Crippen MR) is 126 cm³/mol. The van der Waals surface area contributed by atoms with E-state index >= 15 is 0 Å². The van der Waals surface area contributed by atoms with E-state index in [9.17, 15) is 18.0 Å². The summed E-state index contributed by atoms with van der Waals surface area (Å²) < 4.78 is 33.6. The summed E-state index contributed by atoms with van der Waals surface area (Å²) in [5.41, 5.74) is 0.299. The Morgan fingerprint density at radius 2 is 1.76 bits per heavy atom. The third-order valence-corrected chi connectivity index (χ3v) is 6.76. The molecule has 178 valence electrons. The van der Waals surface area contributed by atoms with E-state index < -0.39 is 27.5 Å². The van der Waals surface area contributed by atoms with E-state index in [1.807, 2.05) is 30.3 Å². The van der Waals surface area contributed by atoms with Crippen molar-refractivity contribution < 1.29 is 22.7 Å². The minimum absolute atomic E-state index is 0.113. The fourth-order valence-electron chi connectivity index (χ4n) is 3.32. The van der Waals surface area contributed by atoms with Crippen molar-refractivity contribution in [3.8, 4) is 5.75 Å². The van der Waals surface area contributed by atoms with Gasteiger partial charge in [-0.15, -0.1) is 0 Å². The maximum Gasteiger partial charge on any atom is 0.251 e. The van der Waals surface area contributed by atoms with Crippen LogP contribution in [0, 0.1) is 0 Å². The molecule has 1 aliphatic carbocycles. The Balaban J connectivity index is 1.86. The van der Waals surface area contributed by atoms with E-state index in [2.05, 4.69) is 15.4 Å². The van der Waals surface area contributed by atoms with Gasteiger partial charge in [0.25, 0.3) is 5.91 Å². The number of nitrogens with one attached hydrogen (secondary N) is 3. The zero-order valence-corrected chi connectivity index (χ0v) is 20.2. The molecule has 0 radical (unpaired) electrons. The normalized spacial score (nSPS) is 14.9. The van der Waals surface area contributed by atoms with Gasteiger partial charge in [-0.25, -0.2) is 13.1 Å². The lowest BCUT2D eigenvalue weighted by Gasteiger charge is -2.22. The lowest BCUT2D eigenvalue weighted by atomic mass is 10.0. The molecular formula is C24H31N3O5S. The van der Waals surface area contributed by atoms with Crippen molar-refractivity contribution in [3.63, 3.8) is 0 Å².